The zero-order valence-electron chi connectivity index (χ0n) is 9.81. The van der Waals surface area contributed by atoms with Crippen LogP contribution in [0.4, 0.5) is 4.79 Å². The van der Waals surface area contributed by atoms with Gasteiger partial charge in [-0.1, -0.05) is 0 Å². The maximum atomic E-state index is 11.8. The number of carbonyl (C=O) groups excluding carboxylic acids is 1. The summed E-state index contributed by atoms with van der Waals surface area (Å²) in [6, 6.07) is 6.97. The predicted octanol–water partition coefficient (Wildman–Crippen LogP) is 1.10. The molecule has 17 heavy (non-hydrogen) atoms. The van der Waals surface area contributed by atoms with E-state index in [2.05, 4.69) is 5.32 Å². The normalized spacial score (nSPS) is 15.5. The van der Waals surface area contributed by atoms with Crippen LogP contribution in [0.5, 0.6) is 11.5 Å². The number of amides is 1. The van der Waals surface area contributed by atoms with Crippen molar-refractivity contribution >= 4 is 6.09 Å². The Morgan fingerprint density at radius 2 is 1.76 bits per heavy atom. The highest BCUT2D eigenvalue weighted by Gasteiger charge is 2.17. The Morgan fingerprint density at radius 1 is 1.18 bits per heavy atom. The van der Waals surface area contributed by atoms with Crippen LogP contribution in [-0.4, -0.2) is 44.3 Å². The van der Waals surface area contributed by atoms with E-state index in [4.69, 9.17) is 9.47 Å². The van der Waals surface area contributed by atoms with Gasteiger partial charge in [-0.3, -0.25) is 0 Å². The third-order valence-electron chi connectivity index (χ3n) is 2.64. The summed E-state index contributed by atoms with van der Waals surface area (Å²) < 4.78 is 10.3. The molecule has 1 aliphatic rings. The van der Waals surface area contributed by atoms with Gasteiger partial charge in [0.25, 0.3) is 0 Å². The molecule has 1 fully saturated rings. The topological polar surface area (TPSA) is 50.8 Å². The number of rotatable bonds is 2. The van der Waals surface area contributed by atoms with E-state index >= 15 is 0 Å². The summed E-state index contributed by atoms with van der Waals surface area (Å²) in [5.74, 6) is 1.28. The minimum atomic E-state index is -0.295. The number of nitrogens with zero attached hydrogens (tertiary/aromatic N) is 1. The second-order valence-electron chi connectivity index (χ2n) is 3.78. The van der Waals surface area contributed by atoms with Crippen molar-refractivity contribution in [2.75, 3.05) is 33.3 Å². The molecule has 0 spiro atoms. The van der Waals surface area contributed by atoms with Crippen molar-refractivity contribution in [3.8, 4) is 11.5 Å². The van der Waals surface area contributed by atoms with Crippen LogP contribution in [0.1, 0.15) is 0 Å². The second-order valence-corrected chi connectivity index (χ2v) is 3.78. The van der Waals surface area contributed by atoms with Gasteiger partial charge in [0.1, 0.15) is 11.5 Å². The number of methoxy groups -OCH3 is 1. The van der Waals surface area contributed by atoms with Crippen molar-refractivity contribution in [1.29, 1.82) is 0 Å². The lowest BCUT2D eigenvalue weighted by Crippen LogP contribution is -2.47. The molecule has 92 valence electrons. The third-order valence-corrected chi connectivity index (χ3v) is 2.64. The Morgan fingerprint density at radius 3 is 2.35 bits per heavy atom. The van der Waals surface area contributed by atoms with Gasteiger partial charge in [-0.25, -0.2) is 4.79 Å². The van der Waals surface area contributed by atoms with Crippen molar-refractivity contribution in [1.82, 2.24) is 10.2 Å². The zero-order chi connectivity index (χ0) is 12.1. The van der Waals surface area contributed by atoms with E-state index in [0.717, 1.165) is 18.8 Å². The number of nitrogens with one attached hydrogen (secondary N) is 1. The Hall–Kier alpha value is -1.75. The summed E-state index contributed by atoms with van der Waals surface area (Å²) in [6.07, 6.45) is -0.295. The third kappa shape index (κ3) is 3.10. The predicted molar refractivity (Wildman–Crippen MR) is 63.5 cm³/mol. The molecule has 0 atom stereocenters. The summed E-state index contributed by atoms with van der Waals surface area (Å²) in [6.45, 7) is 3.01. The van der Waals surface area contributed by atoms with Gasteiger partial charge in [-0.2, -0.15) is 0 Å². The lowest BCUT2D eigenvalue weighted by molar-refractivity contribution is 0.146. The molecule has 0 radical (unpaired) electrons. The van der Waals surface area contributed by atoms with Crippen molar-refractivity contribution in [2.24, 2.45) is 0 Å². The van der Waals surface area contributed by atoms with Gasteiger partial charge >= 0.3 is 6.09 Å². The van der Waals surface area contributed by atoms with E-state index in [9.17, 15) is 4.79 Å². The van der Waals surface area contributed by atoms with Crippen molar-refractivity contribution in [2.45, 2.75) is 0 Å². The second kappa shape index (κ2) is 5.54. The van der Waals surface area contributed by atoms with Crippen LogP contribution in [0, 0.1) is 0 Å². The molecule has 5 nitrogen and oxygen atoms in total. The average Bonchev–Trinajstić information content (AvgIpc) is 2.40. The quantitative estimate of drug-likeness (QED) is 0.835. The number of ether oxygens (including phenoxy) is 2. The molecule has 1 saturated heterocycles. The van der Waals surface area contributed by atoms with Crippen molar-refractivity contribution in [3.63, 3.8) is 0 Å². The van der Waals surface area contributed by atoms with Gasteiger partial charge in [0.2, 0.25) is 0 Å². The van der Waals surface area contributed by atoms with Crippen molar-refractivity contribution in [3.05, 3.63) is 24.3 Å². The van der Waals surface area contributed by atoms with Crippen LogP contribution in [0.25, 0.3) is 0 Å². The van der Waals surface area contributed by atoms with Crippen LogP contribution < -0.4 is 14.8 Å². The molecule has 1 amide bonds. The first kappa shape index (κ1) is 11.7. The maximum Gasteiger partial charge on any atom is 0.415 e. The summed E-state index contributed by atoms with van der Waals surface area (Å²) >= 11 is 0. The number of piperazine rings is 1. The standard InChI is InChI=1S/C12H16N2O3/c1-16-10-2-4-11(5-3-10)17-12(15)14-8-6-13-7-9-14/h2-5,13H,6-9H2,1H3. The molecule has 1 N–H and O–H groups in total. The van der Waals surface area contributed by atoms with Gasteiger partial charge in [-0.15, -0.1) is 0 Å². The van der Waals surface area contributed by atoms with E-state index in [-0.39, 0.29) is 6.09 Å². The molecule has 1 heterocycles. The number of benzene rings is 1. The molecule has 1 aromatic rings. The summed E-state index contributed by atoms with van der Waals surface area (Å²) in [7, 11) is 1.60. The van der Waals surface area contributed by atoms with Gasteiger partial charge < -0.3 is 19.7 Å². The Balaban J connectivity index is 1.92. The Bertz CT molecular complexity index is 372. The molecule has 2 rings (SSSR count). The Kier molecular flexibility index (Phi) is 3.82. The number of hydrogen-bond donors (Lipinski definition) is 1. The minimum Gasteiger partial charge on any atom is -0.497 e. The highest BCUT2D eigenvalue weighted by atomic mass is 16.6. The van der Waals surface area contributed by atoms with E-state index in [1.54, 1.807) is 36.3 Å². The van der Waals surface area contributed by atoms with Crippen LogP contribution >= 0.6 is 0 Å². The molecule has 0 aliphatic carbocycles. The fourth-order valence-electron chi connectivity index (χ4n) is 1.66. The van der Waals surface area contributed by atoms with E-state index in [1.165, 1.54) is 0 Å². The van der Waals surface area contributed by atoms with E-state index in [1.807, 2.05) is 0 Å². The van der Waals surface area contributed by atoms with Gasteiger partial charge in [-0.05, 0) is 24.3 Å². The fraction of sp³-hybridized carbons (Fsp3) is 0.417. The summed E-state index contributed by atoms with van der Waals surface area (Å²) in [5, 5.41) is 3.18. The van der Waals surface area contributed by atoms with E-state index in [0.29, 0.717) is 18.8 Å². The molecule has 0 saturated carbocycles. The van der Waals surface area contributed by atoms with Crippen LogP contribution in [0.2, 0.25) is 0 Å². The average molecular weight is 236 g/mol. The van der Waals surface area contributed by atoms with Crippen LogP contribution in [-0.2, 0) is 0 Å². The lowest BCUT2D eigenvalue weighted by Gasteiger charge is -2.26. The first-order valence-corrected chi connectivity index (χ1v) is 5.61. The minimum absolute atomic E-state index is 0.295. The largest absolute Gasteiger partial charge is 0.497 e. The van der Waals surface area contributed by atoms with Gasteiger partial charge in [0.15, 0.2) is 0 Å². The molecular formula is C12H16N2O3. The van der Waals surface area contributed by atoms with Crippen LogP contribution in [0.3, 0.4) is 0 Å². The van der Waals surface area contributed by atoms with Crippen molar-refractivity contribution < 1.29 is 14.3 Å². The summed E-state index contributed by atoms with van der Waals surface area (Å²) in [4.78, 5) is 13.5. The molecule has 5 heteroatoms. The molecule has 1 aromatic carbocycles. The van der Waals surface area contributed by atoms with Crippen LogP contribution in [0.15, 0.2) is 24.3 Å². The molecule has 1 aliphatic heterocycles. The molecule has 0 unspecified atom stereocenters. The maximum absolute atomic E-state index is 11.8. The van der Waals surface area contributed by atoms with Gasteiger partial charge in [0.05, 0.1) is 7.11 Å². The highest BCUT2D eigenvalue weighted by molar-refractivity contribution is 5.70. The first-order chi connectivity index (χ1) is 8.29. The van der Waals surface area contributed by atoms with Gasteiger partial charge in [0, 0.05) is 26.2 Å². The first-order valence-electron chi connectivity index (χ1n) is 5.61. The Labute approximate surface area is 100 Å². The smallest absolute Gasteiger partial charge is 0.415 e. The lowest BCUT2D eigenvalue weighted by atomic mass is 10.3. The SMILES string of the molecule is COc1ccc(OC(=O)N2CCNCC2)cc1. The molecule has 0 bridgehead atoms. The summed E-state index contributed by atoms with van der Waals surface area (Å²) in [5.41, 5.74) is 0. The highest BCUT2D eigenvalue weighted by Crippen LogP contribution is 2.17. The number of hydrogen-bond acceptors (Lipinski definition) is 4. The van der Waals surface area contributed by atoms with E-state index < -0.39 is 0 Å². The number of carbonyl (C=O) groups is 1. The molecular weight excluding hydrogens is 220 g/mol. The molecule has 0 aromatic heterocycles. The zero-order valence-corrected chi connectivity index (χ0v) is 9.81. The fourth-order valence-corrected chi connectivity index (χ4v) is 1.66. The monoisotopic (exact) mass is 236 g/mol.